The van der Waals surface area contributed by atoms with Crippen LogP contribution in [0.2, 0.25) is 0 Å². The van der Waals surface area contributed by atoms with Crippen LogP contribution >= 0.6 is 15.9 Å². The van der Waals surface area contributed by atoms with Gasteiger partial charge in [-0.1, -0.05) is 12.1 Å². The summed E-state index contributed by atoms with van der Waals surface area (Å²) in [7, 11) is 3.19. The van der Waals surface area contributed by atoms with E-state index in [4.69, 9.17) is 9.47 Å². The van der Waals surface area contributed by atoms with Crippen molar-refractivity contribution in [3.63, 3.8) is 0 Å². The van der Waals surface area contributed by atoms with Gasteiger partial charge in [0, 0.05) is 34.7 Å². The van der Waals surface area contributed by atoms with Gasteiger partial charge in [0.15, 0.2) is 0 Å². The van der Waals surface area contributed by atoms with Crippen molar-refractivity contribution in [1.82, 2.24) is 5.32 Å². The third-order valence-electron chi connectivity index (χ3n) is 4.73. The maximum Gasteiger partial charge on any atom is 0.251 e. The topological polar surface area (TPSA) is 50.8 Å². The number of amides is 1. The first kappa shape index (κ1) is 18.6. The number of anilines is 1. The smallest absolute Gasteiger partial charge is 0.251 e. The average molecular weight is 419 g/mol. The van der Waals surface area contributed by atoms with E-state index < -0.39 is 0 Å². The number of ether oxygens (including phenoxy) is 2. The van der Waals surface area contributed by atoms with Crippen LogP contribution in [0.1, 0.15) is 22.3 Å². The standard InChI is InChI=1S/C20H23BrN2O3/c1-13-18(25-2)10-14(11-19(13)26-3)20(24)22-15-8-9-23(12-15)17-7-5-4-6-16(17)21/h4-7,10-11,15H,8-9,12H2,1-3H3,(H,22,24). The minimum Gasteiger partial charge on any atom is -0.496 e. The Hall–Kier alpha value is -2.21. The molecule has 1 atom stereocenters. The normalized spacial score (nSPS) is 16.5. The molecule has 3 rings (SSSR count). The SMILES string of the molecule is COc1cc(C(=O)NC2CCN(c3ccccc3Br)C2)cc(OC)c1C. The molecule has 1 amide bonds. The molecule has 0 bridgehead atoms. The summed E-state index contributed by atoms with van der Waals surface area (Å²) in [5.41, 5.74) is 2.58. The fourth-order valence-electron chi connectivity index (χ4n) is 3.29. The van der Waals surface area contributed by atoms with Crippen LogP contribution in [0, 0.1) is 6.92 Å². The van der Waals surface area contributed by atoms with Gasteiger partial charge in [-0.15, -0.1) is 0 Å². The number of carbonyl (C=O) groups is 1. The van der Waals surface area contributed by atoms with Crippen molar-refractivity contribution in [3.8, 4) is 11.5 Å². The summed E-state index contributed by atoms with van der Waals surface area (Å²) in [5.74, 6) is 1.19. The summed E-state index contributed by atoms with van der Waals surface area (Å²) < 4.78 is 11.8. The predicted molar refractivity (Wildman–Crippen MR) is 107 cm³/mol. The van der Waals surface area contributed by atoms with Gasteiger partial charge in [-0.3, -0.25) is 4.79 Å². The lowest BCUT2D eigenvalue weighted by Gasteiger charge is -2.20. The molecule has 2 aromatic carbocycles. The van der Waals surface area contributed by atoms with E-state index in [0.717, 1.165) is 35.2 Å². The zero-order valence-corrected chi connectivity index (χ0v) is 16.8. The number of carbonyl (C=O) groups excluding carboxylic acids is 1. The lowest BCUT2D eigenvalue weighted by molar-refractivity contribution is 0.0939. The zero-order chi connectivity index (χ0) is 18.7. The molecule has 1 aliphatic rings. The number of nitrogens with zero attached hydrogens (tertiary/aromatic N) is 1. The molecule has 138 valence electrons. The third-order valence-corrected chi connectivity index (χ3v) is 5.40. The van der Waals surface area contributed by atoms with E-state index in [-0.39, 0.29) is 11.9 Å². The molecule has 1 unspecified atom stereocenters. The van der Waals surface area contributed by atoms with Gasteiger partial charge in [-0.25, -0.2) is 0 Å². The summed E-state index contributed by atoms with van der Waals surface area (Å²) in [4.78, 5) is 15.0. The maximum absolute atomic E-state index is 12.7. The van der Waals surface area contributed by atoms with Crippen LogP contribution in [0.3, 0.4) is 0 Å². The average Bonchev–Trinajstić information content (AvgIpc) is 3.10. The van der Waals surface area contributed by atoms with Gasteiger partial charge in [0.2, 0.25) is 0 Å². The van der Waals surface area contributed by atoms with Crippen molar-refractivity contribution in [3.05, 3.63) is 52.0 Å². The van der Waals surface area contributed by atoms with E-state index in [1.807, 2.05) is 25.1 Å². The third kappa shape index (κ3) is 3.80. The minimum absolute atomic E-state index is 0.105. The Labute approximate surface area is 162 Å². The molecular weight excluding hydrogens is 396 g/mol. The quantitative estimate of drug-likeness (QED) is 0.802. The highest BCUT2D eigenvalue weighted by atomic mass is 79.9. The first-order valence-electron chi connectivity index (χ1n) is 8.56. The number of halogens is 1. The van der Waals surface area contributed by atoms with E-state index in [0.29, 0.717) is 17.1 Å². The molecule has 2 aromatic rings. The summed E-state index contributed by atoms with van der Waals surface area (Å²) in [5, 5.41) is 3.13. The summed E-state index contributed by atoms with van der Waals surface area (Å²) in [6.07, 6.45) is 0.910. The van der Waals surface area contributed by atoms with E-state index in [2.05, 4.69) is 32.2 Å². The highest BCUT2D eigenvalue weighted by molar-refractivity contribution is 9.10. The Morgan fingerprint density at radius 3 is 2.46 bits per heavy atom. The van der Waals surface area contributed by atoms with Gasteiger partial charge < -0.3 is 19.7 Å². The number of hydrogen-bond acceptors (Lipinski definition) is 4. The highest BCUT2D eigenvalue weighted by Crippen LogP contribution is 2.30. The Morgan fingerprint density at radius 2 is 1.85 bits per heavy atom. The summed E-state index contributed by atoms with van der Waals surface area (Å²) in [6.45, 7) is 3.61. The summed E-state index contributed by atoms with van der Waals surface area (Å²) >= 11 is 3.60. The van der Waals surface area contributed by atoms with Gasteiger partial charge >= 0.3 is 0 Å². The lowest BCUT2D eigenvalue weighted by atomic mass is 10.1. The van der Waals surface area contributed by atoms with Crippen LogP contribution in [-0.4, -0.2) is 39.3 Å². The van der Waals surface area contributed by atoms with Crippen molar-refractivity contribution in [2.45, 2.75) is 19.4 Å². The molecule has 0 aromatic heterocycles. The van der Waals surface area contributed by atoms with Crippen molar-refractivity contribution < 1.29 is 14.3 Å². The molecule has 1 aliphatic heterocycles. The number of benzene rings is 2. The number of para-hydroxylation sites is 1. The maximum atomic E-state index is 12.7. The van der Waals surface area contributed by atoms with Crippen molar-refractivity contribution >= 4 is 27.5 Å². The number of rotatable bonds is 5. The van der Waals surface area contributed by atoms with Crippen LogP contribution in [0.4, 0.5) is 5.69 Å². The van der Waals surface area contributed by atoms with Gasteiger partial charge in [0.25, 0.3) is 5.91 Å². The molecule has 0 radical (unpaired) electrons. The number of methoxy groups -OCH3 is 2. The van der Waals surface area contributed by atoms with Gasteiger partial charge in [0.05, 0.1) is 19.9 Å². The van der Waals surface area contributed by atoms with E-state index in [9.17, 15) is 4.79 Å². The monoisotopic (exact) mass is 418 g/mol. The van der Waals surface area contributed by atoms with Gasteiger partial charge in [0.1, 0.15) is 11.5 Å². The van der Waals surface area contributed by atoms with Crippen LogP contribution in [0.15, 0.2) is 40.9 Å². The first-order chi connectivity index (χ1) is 12.5. The van der Waals surface area contributed by atoms with Crippen LogP contribution in [0.25, 0.3) is 0 Å². The van der Waals surface area contributed by atoms with Crippen LogP contribution in [0.5, 0.6) is 11.5 Å². The minimum atomic E-state index is -0.111. The second-order valence-corrected chi connectivity index (χ2v) is 7.22. The second kappa shape index (κ2) is 7.99. The summed E-state index contributed by atoms with van der Waals surface area (Å²) in [6, 6.07) is 11.8. The molecule has 1 fully saturated rings. The molecule has 6 heteroatoms. The molecule has 0 aliphatic carbocycles. The molecule has 1 heterocycles. The lowest BCUT2D eigenvalue weighted by Crippen LogP contribution is -2.37. The molecule has 1 N–H and O–H groups in total. The molecule has 0 spiro atoms. The van der Waals surface area contributed by atoms with E-state index >= 15 is 0 Å². The molecule has 0 saturated carbocycles. The second-order valence-electron chi connectivity index (χ2n) is 6.36. The van der Waals surface area contributed by atoms with Crippen molar-refractivity contribution in [2.24, 2.45) is 0 Å². The fourth-order valence-corrected chi connectivity index (χ4v) is 3.83. The number of hydrogen-bond donors (Lipinski definition) is 1. The fraction of sp³-hybridized carbons (Fsp3) is 0.350. The highest BCUT2D eigenvalue weighted by Gasteiger charge is 2.26. The molecule has 1 saturated heterocycles. The Morgan fingerprint density at radius 1 is 1.19 bits per heavy atom. The Bertz CT molecular complexity index is 784. The largest absolute Gasteiger partial charge is 0.496 e. The zero-order valence-electron chi connectivity index (χ0n) is 15.2. The van der Waals surface area contributed by atoms with E-state index in [1.54, 1.807) is 26.4 Å². The van der Waals surface area contributed by atoms with E-state index in [1.165, 1.54) is 0 Å². The van der Waals surface area contributed by atoms with Crippen molar-refractivity contribution in [2.75, 3.05) is 32.2 Å². The molecule has 26 heavy (non-hydrogen) atoms. The predicted octanol–water partition coefficient (Wildman–Crippen LogP) is 3.78. The molecular formula is C20H23BrN2O3. The molecule has 5 nitrogen and oxygen atoms in total. The van der Waals surface area contributed by atoms with Gasteiger partial charge in [-0.2, -0.15) is 0 Å². The first-order valence-corrected chi connectivity index (χ1v) is 9.35. The van der Waals surface area contributed by atoms with Crippen LogP contribution < -0.4 is 19.7 Å². The number of nitrogens with one attached hydrogen (secondary N) is 1. The Balaban J connectivity index is 1.70. The Kier molecular flexibility index (Phi) is 5.71. The van der Waals surface area contributed by atoms with Crippen LogP contribution in [-0.2, 0) is 0 Å². The van der Waals surface area contributed by atoms with Gasteiger partial charge in [-0.05, 0) is 53.5 Å². The van der Waals surface area contributed by atoms with Crippen molar-refractivity contribution in [1.29, 1.82) is 0 Å².